The fourth-order valence-corrected chi connectivity index (χ4v) is 1.67. The lowest BCUT2D eigenvalue weighted by atomic mass is 10.2. The van der Waals surface area contributed by atoms with Gasteiger partial charge in [0, 0.05) is 11.4 Å². The second-order valence-corrected chi connectivity index (χ2v) is 3.93. The summed E-state index contributed by atoms with van der Waals surface area (Å²) in [6.45, 7) is 2.07. The van der Waals surface area contributed by atoms with E-state index in [1.54, 1.807) is 0 Å². The number of isothiocyanates is 1. The van der Waals surface area contributed by atoms with E-state index in [1.165, 1.54) is 5.56 Å². The smallest absolute Gasteiger partial charge is 0.0741 e. The molecule has 3 heteroatoms. The standard InChI is InChI=1S/C14H12N2S/c1-11-3-2-4-14(9-11)16-13-7-5-12(6-8-13)15-10-17/h2-9,16H,1H3. The summed E-state index contributed by atoms with van der Waals surface area (Å²) < 4.78 is 0. The van der Waals surface area contributed by atoms with E-state index in [0.717, 1.165) is 17.1 Å². The molecule has 0 aromatic heterocycles. The van der Waals surface area contributed by atoms with Crippen LogP contribution in [-0.4, -0.2) is 5.16 Å². The molecule has 0 heterocycles. The van der Waals surface area contributed by atoms with Gasteiger partial charge in [-0.3, -0.25) is 0 Å². The van der Waals surface area contributed by atoms with Crippen molar-refractivity contribution in [2.24, 2.45) is 4.99 Å². The van der Waals surface area contributed by atoms with Crippen LogP contribution < -0.4 is 5.32 Å². The van der Waals surface area contributed by atoms with Gasteiger partial charge in [0.2, 0.25) is 0 Å². The van der Waals surface area contributed by atoms with Gasteiger partial charge in [-0.2, -0.15) is 4.99 Å². The molecule has 2 aromatic rings. The number of thiocarbonyl (C=S) groups is 1. The van der Waals surface area contributed by atoms with Crippen molar-refractivity contribution in [3.63, 3.8) is 0 Å². The second-order valence-electron chi connectivity index (χ2n) is 3.74. The molecule has 0 atom stereocenters. The Bertz CT molecular complexity index is 555. The Morgan fingerprint density at radius 2 is 1.82 bits per heavy atom. The largest absolute Gasteiger partial charge is 0.356 e. The lowest BCUT2D eigenvalue weighted by Gasteiger charge is -2.06. The first-order chi connectivity index (χ1) is 8.28. The van der Waals surface area contributed by atoms with Crippen LogP contribution in [0.25, 0.3) is 0 Å². The maximum atomic E-state index is 4.55. The number of aliphatic imine (C=N–C) groups is 1. The SMILES string of the molecule is Cc1cccc(Nc2ccc(N=C=S)cc2)c1. The predicted molar refractivity (Wildman–Crippen MR) is 75.6 cm³/mol. The van der Waals surface area contributed by atoms with Crippen molar-refractivity contribution < 1.29 is 0 Å². The summed E-state index contributed by atoms with van der Waals surface area (Å²) >= 11 is 4.55. The van der Waals surface area contributed by atoms with Crippen molar-refractivity contribution in [1.29, 1.82) is 0 Å². The van der Waals surface area contributed by atoms with E-state index < -0.39 is 0 Å². The van der Waals surface area contributed by atoms with Crippen molar-refractivity contribution in [3.8, 4) is 0 Å². The molecule has 2 aromatic carbocycles. The molecule has 0 fully saturated rings. The molecule has 0 bridgehead atoms. The predicted octanol–water partition coefficient (Wildman–Crippen LogP) is 4.47. The van der Waals surface area contributed by atoms with Gasteiger partial charge in [-0.1, -0.05) is 12.1 Å². The average Bonchev–Trinajstić information content (AvgIpc) is 2.32. The van der Waals surface area contributed by atoms with Crippen LogP contribution in [0, 0.1) is 6.92 Å². The third kappa shape index (κ3) is 3.25. The number of hydrogen-bond donors (Lipinski definition) is 1. The highest BCUT2D eigenvalue weighted by Gasteiger charge is 1.95. The van der Waals surface area contributed by atoms with Gasteiger partial charge in [0.25, 0.3) is 0 Å². The first-order valence-corrected chi connectivity index (χ1v) is 5.70. The van der Waals surface area contributed by atoms with Crippen LogP contribution in [0.15, 0.2) is 53.5 Å². The summed E-state index contributed by atoms with van der Waals surface area (Å²) in [5.41, 5.74) is 4.15. The number of benzene rings is 2. The van der Waals surface area contributed by atoms with Gasteiger partial charge in [0.1, 0.15) is 0 Å². The summed E-state index contributed by atoms with van der Waals surface area (Å²) in [5.74, 6) is 0. The number of rotatable bonds is 3. The maximum Gasteiger partial charge on any atom is 0.0741 e. The minimum atomic E-state index is 0.815. The fraction of sp³-hybridized carbons (Fsp3) is 0.0714. The lowest BCUT2D eigenvalue weighted by Crippen LogP contribution is -1.89. The Labute approximate surface area is 106 Å². The van der Waals surface area contributed by atoms with Gasteiger partial charge in [0.15, 0.2) is 0 Å². The molecule has 1 N–H and O–H groups in total. The third-order valence-corrected chi connectivity index (χ3v) is 2.44. The first-order valence-electron chi connectivity index (χ1n) is 5.29. The lowest BCUT2D eigenvalue weighted by molar-refractivity contribution is 1.45. The quantitative estimate of drug-likeness (QED) is 0.632. The minimum absolute atomic E-state index is 0.815. The Kier molecular flexibility index (Phi) is 3.66. The highest BCUT2D eigenvalue weighted by Crippen LogP contribution is 2.20. The fourth-order valence-electron chi connectivity index (χ4n) is 1.56. The van der Waals surface area contributed by atoms with Crippen LogP contribution >= 0.6 is 12.2 Å². The Morgan fingerprint density at radius 3 is 2.47 bits per heavy atom. The summed E-state index contributed by atoms with van der Waals surface area (Å²) in [6.07, 6.45) is 0. The van der Waals surface area contributed by atoms with Crippen molar-refractivity contribution >= 4 is 34.4 Å². The Hall–Kier alpha value is -1.96. The molecular weight excluding hydrogens is 228 g/mol. The molecule has 0 amide bonds. The molecule has 2 nitrogen and oxygen atoms in total. The van der Waals surface area contributed by atoms with E-state index in [0.29, 0.717) is 0 Å². The molecule has 0 aliphatic rings. The zero-order valence-electron chi connectivity index (χ0n) is 9.47. The monoisotopic (exact) mass is 240 g/mol. The van der Waals surface area contributed by atoms with E-state index in [4.69, 9.17) is 0 Å². The van der Waals surface area contributed by atoms with E-state index in [1.807, 2.05) is 36.4 Å². The molecule has 0 radical (unpaired) electrons. The summed E-state index contributed by atoms with van der Waals surface area (Å²) in [7, 11) is 0. The number of nitrogens with zero attached hydrogens (tertiary/aromatic N) is 1. The molecule has 0 saturated carbocycles. The van der Waals surface area contributed by atoms with Crippen molar-refractivity contribution in [3.05, 3.63) is 54.1 Å². The second kappa shape index (κ2) is 5.39. The van der Waals surface area contributed by atoms with Crippen LogP contribution in [0.1, 0.15) is 5.56 Å². The van der Waals surface area contributed by atoms with Crippen LogP contribution in [-0.2, 0) is 0 Å². The zero-order valence-corrected chi connectivity index (χ0v) is 10.3. The third-order valence-electron chi connectivity index (χ3n) is 2.35. The number of nitrogens with one attached hydrogen (secondary N) is 1. The summed E-state index contributed by atoms with van der Waals surface area (Å²) in [4.78, 5) is 3.91. The van der Waals surface area contributed by atoms with Gasteiger partial charge in [-0.15, -0.1) is 0 Å². The van der Waals surface area contributed by atoms with Gasteiger partial charge in [-0.05, 0) is 61.1 Å². The normalized spacial score (nSPS) is 9.47. The molecule has 2 rings (SSSR count). The van der Waals surface area contributed by atoms with Gasteiger partial charge in [0.05, 0.1) is 10.8 Å². The molecule has 0 unspecified atom stereocenters. The van der Waals surface area contributed by atoms with Crippen molar-refractivity contribution in [2.45, 2.75) is 6.92 Å². The number of hydrogen-bond acceptors (Lipinski definition) is 3. The highest BCUT2D eigenvalue weighted by molar-refractivity contribution is 7.78. The van der Waals surface area contributed by atoms with E-state index >= 15 is 0 Å². The number of aryl methyl sites for hydroxylation is 1. The highest BCUT2D eigenvalue weighted by atomic mass is 32.1. The van der Waals surface area contributed by atoms with E-state index in [2.05, 4.69) is 46.7 Å². The molecule has 0 aliphatic heterocycles. The molecule has 0 saturated heterocycles. The van der Waals surface area contributed by atoms with Gasteiger partial charge < -0.3 is 5.32 Å². The van der Waals surface area contributed by atoms with E-state index in [9.17, 15) is 0 Å². The average molecular weight is 240 g/mol. The number of anilines is 2. The Morgan fingerprint density at radius 1 is 1.06 bits per heavy atom. The molecule has 84 valence electrons. The minimum Gasteiger partial charge on any atom is -0.356 e. The molecule has 0 spiro atoms. The molecular formula is C14H12N2S. The molecule has 0 aliphatic carbocycles. The van der Waals surface area contributed by atoms with E-state index in [-0.39, 0.29) is 0 Å². The Balaban J connectivity index is 2.16. The first kappa shape index (κ1) is 11.5. The van der Waals surface area contributed by atoms with Crippen LogP contribution in [0.5, 0.6) is 0 Å². The summed E-state index contributed by atoms with van der Waals surface area (Å²) in [5, 5.41) is 5.67. The van der Waals surface area contributed by atoms with Crippen molar-refractivity contribution in [2.75, 3.05) is 5.32 Å². The maximum absolute atomic E-state index is 4.55. The summed E-state index contributed by atoms with van der Waals surface area (Å²) in [6, 6.07) is 16.0. The topological polar surface area (TPSA) is 24.4 Å². The van der Waals surface area contributed by atoms with Gasteiger partial charge >= 0.3 is 0 Å². The van der Waals surface area contributed by atoms with Gasteiger partial charge in [-0.25, -0.2) is 0 Å². The zero-order chi connectivity index (χ0) is 12.1. The molecule has 17 heavy (non-hydrogen) atoms. The van der Waals surface area contributed by atoms with Crippen LogP contribution in [0.4, 0.5) is 17.1 Å². The van der Waals surface area contributed by atoms with Crippen molar-refractivity contribution in [1.82, 2.24) is 0 Å². The van der Waals surface area contributed by atoms with Crippen LogP contribution in [0.2, 0.25) is 0 Å². The van der Waals surface area contributed by atoms with Crippen LogP contribution in [0.3, 0.4) is 0 Å².